The van der Waals surface area contributed by atoms with E-state index in [4.69, 9.17) is 0 Å². The normalized spacial score (nSPS) is 18.6. The number of unbranched alkanes of at least 4 members (excludes halogenated alkanes) is 16. The van der Waals surface area contributed by atoms with E-state index in [1.807, 2.05) is 12.4 Å². The zero-order chi connectivity index (χ0) is 24.9. The van der Waals surface area contributed by atoms with Gasteiger partial charge in [0.2, 0.25) is 0 Å². The topological polar surface area (TPSA) is 40.5 Å². The Kier molecular flexibility index (Phi) is 18.4. The van der Waals surface area contributed by atoms with E-state index in [0.29, 0.717) is 12.6 Å². The predicted octanol–water partition coefficient (Wildman–Crippen LogP) is 9.70. The zero-order valence-electron chi connectivity index (χ0n) is 23.2. The highest BCUT2D eigenvalue weighted by atomic mass is 16.4. The molecule has 0 aromatic rings. The van der Waals surface area contributed by atoms with Crippen LogP contribution in [0.15, 0.2) is 12.4 Å². The number of amides is 1. The minimum atomic E-state index is -0.694. The Hall–Kier alpha value is -1.03. The van der Waals surface area contributed by atoms with E-state index in [-0.39, 0.29) is 4.48 Å². The molecule has 4 heteroatoms. The van der Waals surface area contributed by atoms with Gasteiger partial charge >= 0.3 is 6.09 Å². The Morgan fingerprint density at radius 3 is 1.68 bits per heavy atom. The second-order valence-corrected chi connectivity index (χ2v) is 11.0. The summed E-state index contributed by atoms with van der Waals surface area (Å²) in [4.78, 5) is 14.4. The summed E-state index contributed by atoms with van der Waals surface area (Å²) in [5.41, 5.74) is 0. The van der Waals surface area contributed by atoms with Crippen molar-refractivity contribution in [3.8, 4) is 0 Å². The third kappa shape index (κ3) is 13.8. The van der Waals surface area contributed by atoms with Crippen molar-refractivity contribution in [3.05, 3.63) is 12.4 Å². The van der Waals surface area contributed by atoms with Crippen molar-refractivity contribution in [3.63, 3.8) is 0 Å². The summed E-state index contributed by atoms with van der Waals surface area (Å²) in [6.45, 7) is 9.04. The first-order chi connectivity index (χ1) is 16.6. The van der Waals surface area contributed by atoms with Gasteiger partial charge in [-0.2, -0.15) is 9.28 Å². The van der Waals surface area contributed by atoms with Gasteiger partial charge in [-0.05, 0) is 19.3 Å². The van der Waals surface area contributed by atoms with E-state index in [9.17, 15) is 9.90 Å². The molecule has 0 aliphatic carbocycles. The molecule has 200 valence electrons. The van der Waals surface area contributed by atoms with Crippen molar-refractivity contribution in [2.24, 2.45) is 5.92 Å². The van der Waals surface area contributed by atoms with Gasteiger partial charge < -0.3 is 10.0 Å². The summed E-state index contributed by atoms with van der Waals surface area (Å²) < 4.78 is 0.0983. The van der Waals surface area contributed by atoms with Gasteiger partial charge in [0.15, 0.2) is 6.67 Å². The van der Waals surface area contributed by atoms with Gasteiger partial charge in [-0.15, -0.1) is 0 Å². The monoisotopic (exact) mass is 479 g/mol. The van der Waals surface area contributed by atoms with E-state index in [1.165, 1.54) is 116 Å². The van der Waals surface area contributed by atoms with Crippen LogP contribution in [0.4, 0.5) is 4.79 Å². The molecular weight excluding hydrogens is 420 g/mol. The van der Waals surface area contributed by atoms with E-state index in [0.717, 1.165) is 25.9 Å². The molecule has 1 amide bonds. The molecule has 0 spiro atoms. The number of carboxylic acid groups (broad SMARTS) is 1. The molecule has 34 heavy (non-hydrogen) atoms. The highest BCUT2D eigenvalue weighted by Gasteiger charge is 2.41. The number of hydrogen-bond donors (Lipinski definition) is 1. The van der Waals surface area contributed by atoms with E-state index in [2.05, 4.69) is 25.7 Å². The average molecular weight is 480 g/mol. The molecule has 0 aromatic heterocycles. The van der Waals surface area contributed by atoms with Gasteiger partial charge in [-0.1, -0.05) is 130 Å². The van der Waals surface area contributed by atoms with Crippen molar-refractivity contribution >= 4 is 6.09 Å². The fourth-order valence-electron chi connectivity index (χ4n) is 5.35. The maximum absolute atomic E-state index is 12.1. The van der Waals surface area contributed by atoms with Gasteiger partial charge in [-0.3, -0.25) is 0 Å². The molecule has 2 atom stereocenters. The third-order valence-corrected chi connectivity index (χ3v) is 7.80. The fraction of sp³-hybridized carbons (Fsp3) is 0.900. The summed E-state index contributed by atoms with van der Waals surface area (Å²) in [5.74, 6) is 0.496. The smallest absolute Gasteiger partial charge is 0.435 e. The standard InChI is InChI=1S/C30H58N2O2/c1-4-7-9-10-11-12-13-14-15-16-17-18-19-20-21-22-24-31-25-26-32(28-31,30(33)34)27-29(6-3)23-8-5-2/h25-26,29H,4-24,27-28H2,1-3H3/p+1. The van der Waals surface area contributed by atoms with Crippen LogP contribution in [0.3, 0.4) is 0 Å². The van der Waals surface area contributed by atoms with Crippen LogP contribution in [-0.4, -0.2) is 40.3 Å². The van der Waals surface area contributed by atoms with Gasteiger partial charge in [0.25, 0.3) is 0 Å². The lowest BCUT2D eigenvalue weighted by Crippen LogP contribution is -2.51. The molecule has 1 aliphatic rings. The quantitative estimate of drug-likeness (QED) is 0.117. The van der Waals surface area contributed by atoms with Crippen molar-refractivity contribution in [2.45, 2.75) is 149 Å². The van der Waals surface area contributed by atoms with Crippen molar-refractivity contribution in [1.29, 1.82) is 0 Å². The molecule has 1 N–H and O–H groups in total. The summed E-state index contributed by atoms with van der Waals surface area (Å²) in [6.07, 6.45) is 30.1. The molecular formula is C30H59N2O2+. The Balaban J connectivity index is 2.02. The zero-order valence-corrected chi connectivity index (χ0v) is 23.2. The molecule has 2 unspecified atom stereocenters. The van der Waals surface area contributed by atoms with Crippen LogP contribution in [0.5, 0.6) is 0 Å². The van der Waals surface area contributed by atoms with Gasteiger partial charge in [0.1, 0.15) is 6.20 Å². The number of carbonyl (C=O) groups is 1. The third-order valence-electron chi connectivity index (χ3n) is 7.80. The van der Waals surface area contributed by atoms with Crippen molar-refractivity contribution in [2.75, 3.05) is 19.8 Å². The van der Waals surface area contributed by atoms with Crippen LogP contribution in [-0.2, 0) is 0 Å². The number of nitrogens with zero attached hydrogens (tertiary/aromatic N) is 2. The van der Waals surface area contributed by atoms with E-state index in [1.54, 1.807) is 0 Å². The molecule has 0 radical (unpaired) electrons. The van der Waals surface area contributed by atoms with Crippen LogP contribution >= 0.6 is 0 Å². The molecule has 0 fully saturated rings. The molecule has 0 saturated heterocycles. The Bertz CT molecular complexity index is 522. The molecule has 1 rings (SSSR count). The largest absolute Gasteiger partial charge is 0.519 e. The van der Waals surface area contributed by atoms with Crippen LogP contribution in [0.25, 0.3) is 0 Å². The van der Waals surface area contributed by atoms with Gasteiger partial charge in [-0.25, -0.2) is 0 Å². The summed E-state index contributed by atoms with van der Waals surface area (Å²) in [5, 5.41) is 9.96. The molecule has 4 nitrogen and oxygen atoms in total. The maximum atomic E-state index is 12.1. The van der Waals surface area contributed by atoms with Crippen LogP contribution in [0.1, 0.15) is 149 Å². The van der Waals surface area contributed by atoms with Crippen LogP contribution in [0.2, 0.25) is 0 Å². The lowest BCUT2D eigenvalue weighted by atomic mass is 9.98. The van der Waals surface area contributed by atoms with Gasteiger partial charge in [0, 0.05) is 12.5 Å². The van der Waals surface area contributed by atoms with E-state index < -0.39 is 6.09 Å². The first-order valence-corrected chi connectivity index (χ1v) is 15.1. The molecule has 0 saturated carbocycles. The Labute approximate surface area is 212 Å². The van der Waals surface area contributed by atoms with E-state index >= 15 is 0 Å². The first kappa shape index (κ1) is 31.0. The maximum Gasteiger partial charge on any atom is 0.519 e. The number of hydrogen-bond acceptors (Lipinski definition) is 2. The summed E-state index contributed by atoms with van der Waals surface area (Å²) in [7, 11) is 0. The minimum Gasteiger partial charge on any atom is -0.435 e. The first-order valence-electron chi connectivity index (χ1n) is 15.1. The second-order valence-electron chi connectivity index (χ2n) is 11.0. The van der Waals surface area contributed by atoms with Crippen molar-refractivity contribution in [1.82, 2.24) is 4.90 Å². The second kappa shape index (κ2) is 20.2. The summed E-state index contributed by atoms with van der Waals surface area (Å²) >= 11 is 0. The summed E-state index contributed by atoms with van der Waals surface area (Å²) in [6, 6.07) is 0. The lowest BCUT2D eigenvalue weighted by Gasteiger charge is -2.30. The van der Waals surface area contributed by atoms with Crippen molar-refractivity contribution < 1.29 is 14.4 Å². The molecule has 0 bridgehead atoms. The minimum absolute atomic E-state index is 0.0983. The van der Waals surface area contributed by atoms with Crippen LogP contribution < -0.4 is 0 Å². The lowest BCUT2D eigenvalue weighted by molar-refractivity contribution is -0.812. The number of quaternary nitrogens is 1. The average Bonchev–Trinajstić information content (AvgIpc) is 3.25. The fourth-order valence-corrected chi connectivity index (χ4v) is 5.35. The molecule has 1 heterocycles. The number of rotatable bonds is 23. The molecule has 0 aromatic carbocycles. The Morgan fingerprint density at radius 1 is 0.765 bits per heavy atom. The predicted molar refractivity (Wildman–Crippen MR) is 147 cm³/mol. The van der Waals surface area contributed by atoms with Gasteiger partial charge in [0.05, 0.1) is 12.7 Å². The Morgan fingerprint density at radius 2 is 1.24 bits per heavy atom. The van der Waals surface area contributed by atoms with Crippen LogP contribution in [0, 0.1) is 5.92 Å². The SMILES string of the molecule is CCCCCCCCCCCCCCCCCCN1C=C[N+](CC(CC)CCCC)(C(=O)O)C1. The highest BCUT2D eigenvalue weighted by molar-refractivity contribution is 5.57. The highest BCUT2D eigenvalue weighted by Crippen LogP contribution is 2.25. The molecule has 1 aliphatic heterocycles.